The van der Waals surface area contributed by atoms with E-state index in [0.29, 0.717) is 32.5 Å². The second kappa shape index (κ2) is 8.79. The number of hydrogen-bond donors (Lipinski definition) is 1. The van der Waals surface area contributed by atoms with Crippen molar-refractivity contribution in [2.45, 2.75) is 84.5 Å². The average molecular weight is 413 g/mol. The van der Waals surface area contributed by atoms with E-state index in [4.69, 9.17) is 14.6 Å². The molecule has 2 rings (SSSR count). The van der Waals surface area contributed by atoms with Crippen molar-refractivity contribution in [3.05, 3.63) is 0 Å². The van der Waals surface area contributed by atoms with Gasteiger partial charge in [0, 0.05) is 32.1 Å². The summed E-state index contributed by atoms with van der Waals surface area (Å²) < 4.78 is 11.1. The maximum Gasteiger partial charge on any atom is 0.410 e. The van der Waals surface area contributed by atoms with Gasteiger partial charge in [-0.25, -0.2) is 9.59 Å². The van der Waals surface area contributed by atoms with Crippen LogP contribution in [0.2, 0.25) is 0 Å². The number of amides is 2. The van der Waals surface area contributed by atoms with Crippen LogP contribution >= 0.6 is 0 Å². The largest absolute Gasteiger partial charge is 0.481 e. The number of ether oxygens (including phenoxy) is 2. The van der Waals surface area contributed by atoms with Crippen LogP contribution in [0, 0.1) is 11.8 Å². The van der Waals surface area contributed by atoms with Gasteiger partial charge in [-0.1, -0.05) is 0 Å². The predicted octanol–water partition coefficient (Wildman–Crippen LogP) is 3.73. The van der Waals surface area contributed by atoms with Crippen molar-refractivity contribution in [1.29, 1.82) is 0 Å². The number of carbonyl (C=O) groups is 3. The number of nitrogens with zero attached hydrogens (tertiary/aromatic N) is 2. The molecule has 0 saturated carbocycles. The van der Waals surface area contributed by atoms with Crippen LogP contribution in [0.25, 0.3) is 0 Å². The lowest BCUT2D eigenvalue weighted by molar-refractivity contribution is -0.137. The fourth-order valence-corrected chi connectivity index (χ4v) is 4.19. The molecule has 2 aliphatic rings. The lowest BCUT2D eigenvalue weighted by atomic mass is 9.78. The van der Waals surface area contributed by atoms with Crippen molar-refractivity contribution in [3.8, 4) is 0 Å². The number of carboxylic acid groups (broad SMARTS) is 1. The maximum absolute atomic E-state index is 12.8. The first-order valence-electron chi connectivity index (χ1n) is 10.4. The molecule has 0 aromatic carbocycles. The topological polar surface area (TPSA) is 96.4 Å². The van der Waals surface area contributed by atoms with E-state index in [-0.39, 0.29) is 36.5 Å². The third-order valence-electron chi connectivity index (χ3n) is 5.14. The lowest BCUT2D eigenvalue weighted by Gasteiger charge is -2.50. The Hall–Kier alpha value is -1.99. The Balaban J connectivity index is 2.14. The summed E-state index contributed by atoms with van der Waals surface area (Å²) >= 11 is 0. The Morgan fingerprint density at radius 2 is 1.52 bits per heavy atom. The van der Waals surface area contributed by atoms with Gasteiger partial charge >= 0.3 is 18.2 Å². The first kappa shape index (κ1) is 23.3. The van der Waals surface area contributed by atoms with Crippen molar-refractivity contribution < 1.29 is 29.0 Å². The van der Waals surface area contributed by atoms with Gasteiger partial charge in [0.05, 0.1) is 0 Å². The minimum atomic E-state index is -0.846. The number of carboxylic acids is 1. The Morgan fingerprint density at radius 3 is 2.07 bits per heavy atom. The van der Waals surface area contributed by atoms with E-state index in [9.17, 15) is 14.4 Å². The summed E-state index contributed by atoms with van der Waals surface area (Å²) in [6.45, 7) is 12.6. The quantitative estimate of drug-likeness (QED) is 0.756. The Morgan fingerprint density at radius 1 is 0.931 bits per heavy atom. The molecule has 8 heteroatoms. The summed E-state index contributed by atoms with van der Waals surface area (Å²) in [7, 11) is 0. The van der Waals surface area contributed by atoms with Crippen LogP contribution in [0.15, 0.2) is 0 Å². The third kappa shape index (κ3) is 7.08. The fraction of sp³-hybridized carbons (Fsp3) is 0.857. The highest BCUT2D eigenvalue weighted by atomic mass is 16.6. The van der Waals surface area contributed by atoms with Crippen molar-refractivity contribution in [2.75, 3.05) is 19.6 Å². The molecule has 1 N–H and O–H groups in total. The van der Waals surface area contributed by atoms with E-state index in [1.54, 1.807) is 9.80 Å². The normalized spacial score (nSPS) is 24.8. The molecular weight excluding hydrogens is 376 g/mol. The summed E-state index contributed by atoms with van der Waals surface area (Å²) in [5.41, 5.74) is -1.16. The van der Waals surface area contributed by atoms with Crippen LogP contribution in [0.3, 0.4) is 0 Å². The number of fused-ring (bicyclic) bond motifs is 2. The van der Waals surface area contributed by atoms with Crippen LogP contribution in [0.5, 0.6) is 0 Å². The number of rotatable bonds is 4. The molecule has 0 radical (unpaired) electrons. The zero-order valence-corrected chi connectivity index (χ0v) is 18.6. The van der Waals surface area contributed by atoms with Crippen molar-refractivity contribution in [1.82, 2.24) is 9.80 Å². The molecule has 2 amide bonds. The van der Waals surface area contributed by atoms with Gasteiger partial charge < -0.3 is 24.4 Å². The van der Waals surface area contributed by atoms with Gasteiger partial charge in [-0.15, -0.1) is 0 Å². The third-order valence-corrected chi connectivity index (χ3v) is 5.14. The van der Waals surface area contributed by atoms with E-state index in [1.165, 1.54) is 0 Å². The van der Waals surface area contributed by atoms with Crippen molar-refractivity contribution >= 4 is 18.2 Å². The second-order valence-electron chi connectivity index (χ2n) is 10.2. The molecule has 2 saturated heterocycles. The second-order valence-corrected chi connectivity index (χ2v) is 10.2. The highest BCUT2D eigenvalue weighted by Crippen LogP contribution is 2.36. The Kier molecular flexibility index (Phi) is 7.06. The van der Waals surface area contributed by atoms with Gasteiger partial charge in [0.2, 0.25) is 0 Å². The number of hydrogen-bond acceptors (Lipinski definition) is 5. The average Bonchev–Trinajstić information content (AvgIpc) is 2.52. The molecule has 2 aliphatic heterocycles. The molecule has 0 aromatic heterocycles. The summed E-state index contributed by atoms with van der Waals surface area (Å²) in [6.07, 6.45) is 1.33. The van der Waals surface area contributed by atoms with Crippen molar-refractivity contribution in [3.63, 3.8) is 0 Å². The van der Waals surface area contributed by atoms with Crippen LogP contribution in [-0.2, 0) is 14.3 Å². The molecule has 3 atom stereocenters. The molecular formula is C21H36N2O6. The van der Waals surface area contributed by atoms with Crippen LogP contribution in [0.1, 0.15) is 67.2 Å². The fourth-order valence-electron chi connectivity index (χ4n) is 4.19. The molecule has 2 heterocycles. The number of carbonyl (C=O) groups excluding carboxylic acids is 2. The van der Waals surface area contributed by atoms with Crippen molar-refractivity contribution in [2.24, 2.45) is 11.8 Å². The van der Waals surface area contributed by atoms with Gasteiger partial charge in [-0.2, -0.15) is 0 Å². The minimum Gasteiger partial charge on any atom is -0.481 e. The lowest BCUT2D eigenvalue weighted by Crippen LogP contribution is -2.60. The maximum atomic E-state index is 12.8. The summed E-state index contributed by atoms with van der Waals surface area (Å²) in [4.78, 5) is 39.9. The Bertz CT molecular complexity index is 622. The Labute approximate surface area is 173 Å². The number of aliphatic carboxylic acids is 1. The smallest absolute Gasteiger partial charge is 0.410 e. The SMILES string of the molecule is CC(C)(C)OC(=O)N1C[C@@H]2C[C@@H](C1)[C@H](CCCC(=O)O)N(C(=O)OC(C)(C)C)C2. The monoisotopic (exact) mass is 412 g/mol. The van der Waals surface area contributed by atoms with Gasteiger partial charge in [0.1, 0.15) is 11.2 Å². The summed E-state index contributed by atoms with van der Waals surface area (Å²) in [5.74, 6) is -0.609. The number of piperidine rings is 2. The predicted molar refractivity (Wildman–Crippen MR) is 108 cm³/mol. The van der Waals surface area contributed by atoms with Crippen LogP contribution < -0.4 is 0 Å². The zero-order valence-electron chi connectivity index (χ0n) is 18.6. The highest BCUT2D eigenvalue weighted by molar-refractivity contribution is 5.70. The molecule has 29 heavy (non-hydrogen) atoms. The summed E-state index contributed by atoms with van der Waals surface area (Å²) in [6, 6.07) is -0.148. The van der Waals surface area contributed by atoms with Gasteiger partial charge in [0.25, 0.3) is 0 Å². The molecule has 2 fully saturated rings. The van der Waals surface area contributed by atoms with E-state index in [1.807, 2.05) is 41.5 Å². The molecule has 2 bridgehead atoms. The van der Waals surface area contributed by atoms with E-state index < -0.39 is 17.2 Å². The zero-order chi connectivity index (χ0) is 22.0. The first-order valence-corrected chi connectivity index (χ1v) is 10.4. The van der Waals surface area contributed by atoms with E-state index in [0.717, 1.165) is 6.42 Å². The molecule has 0 unspecified atom stereocenters. The van der Waals surface area contributed by atoms with Crippen LogP contribution in [-0.4, -0.2) is 69.9 Å². The molecule has 0 spiro atoms. The van der Waals surface area contributed by atoms with E-state index >= 15 is 0 Å². The summed E-state index contributed by atoms with van der Waals surface area (Å²) in [5, 5.41) is 9.00. The minimum absolute atomic E-state index is 0.0601. The molecule has 0 aliphatic carbocycles. The number of likely N-dealkylation sites (tertiary alicyclic amines) is 2. The molecule has 8 nitrogen and oxygen atoms in total. The van der Waals surface area contributed by atoms with Gasteiger partial charge in [-0.05, 0) is 72.6 Å². The molecule has 166 valence electrons. The van der Waals surface area contributed by atoms with Crippen LogP contribution in [0.4, 0.5) is 9.59 Å². The highest BCUT2D eigenvalue weighted by Gasteiger charge is 2.45. The molecule has 0 aromatic rings. The van der Waals surface area contributed by atoms with Gasteiger partial charge in [-0.3, -0.25) is 4.79 Å². The van der Waals surface area contributed by atoms with E-state index in [2.05, 4.69) is 0 Å². The first-order chi connectivity index (χ1) is 13.2. The van der Waals surface area contributed by atoms with Gasteiger partial charge in [0.15, 0.2) is 0 Å². The standard InChI is InChI=1S/C21H36N2O6/c1-20(2,3)28-18(26)22-11-14-10-15(13-22)16(8-7-9-17(24)25)23(12-14)19(27)29-21(4,5)6/h14-16H,7-13H2,1-6H3,(H,24,25)/t14-,15-,16-/m0/s1.